The van der Waals surface area contributed by atoms with Crippen LogP contribution in [0.15, 0.2) is 24.3 Å². The fraction of sp³-hybridized carbons (Fsp3) is 0.533. The molecule has 1 aliphatic rings. The van der Waals surface area contributed by atoms with Gasteiger partial charge in [-0.1, -0.05) is 12.1 Å². The highest BCUT2D eigenvalue weighted by atomic mass is 32.2. The molecule has 3 nitrogen and oxygen atoms in total. The first-order chi connectivity index (χ1) is 9.61. The highest BCUT2D eigenvalue weighted by Gasteiger charge is 2.34. The fourth-order valence-electron chi connectivity index (χ4n) is 2.19. The van der Waals surface area contributed by atoms with Crippen LogP contribution in [0.2, 0.25) is 0 Å². The van der Waals surface area contributed by atoms with Gasteiger partial charge in [-0.2, -0.15) is 11.8 Å². The summed E-state index contributed by atoms with van der Waals surface area (Å²) in [6.45, 7) is 0.453. The SMILES string of the molecule is CSCC[C@@H](N)C(=O)N(Cc1cccc(F)c1)C1CC1. The summed E-state index contributed by atoms with van der Waals surface area (Å²) in [5.41, 5.74) is 6.80. The quantitative estimate of drug-likeness (QED) is 0.840. The van der Waals surface area contributed by atoms with Gasteiger partial charge in [-0.05, 0) is 49.0 Å². The Hall–Kier alpha value is -1.07. The van der Waals surface area contributed by atoms with Crippen LogP contribution in [0.3, 0.4) is 0 Å². The van der Waals surface area contributed by atoms with Crippen LogP contribution in [0, 0.1) is 5.82 Å². The van der Waals surface area contributed by atoms with E-state index in [0.717, 1.165) is 24.2 Å². The number of hydrogen-bond acceptors (Lipinski definition) is 3. The molecular weight excluding hydrogens is 275 g/mol. The van der Waals surface area contributed by atoms with Gasteiger partial charge in [0.1, 0.15) is 5.82 Å². The second-order valence-corrected chi connectivity index (χ2v) is 6.20. The van der Waals surface area contributed by atoms with Crippen molar-refractivity contribution in [3.8, 4) is 0 Å². The molecule has 1 amide bonds. The van der Waals surface area contributed by atoms with Gasteiger partial charge in [-0.15, -0.1) is 0 Å². The molecule has 1 saturated carbocycles. The number of nitrogens with zero attached hydrogens (tertiary/aromatic N) is 1. The van der Waals surface area contributed by atoms with Crippen LogP contribution >= 0.6 is 11.8 Å². The van der Waals surface area contributed by atoms with E-state index < -0.39 is 6.04 Å². The molecule has 110 valence electrons. The monoisotopic (exact) mass is 296 g/mol. The lowest BCUT2D eigenvalue weighted by atomic mass is 10.1. The van der Waals surface area contributed by atoms with E-state index in [1.165, 1.54) is 12.1 Å². The maximum absolute atomic E-state index is 13.2. The third-order valence-electron chi connectivity index (χ3n) is 3.46. The van der Waals surface area contributed by atoms with Crippen LogP contribution in [-0.2, 0) is 11.3 Å². The zero-order valence-electron chi connectivity index (χ0n) is 11.7. The number of thioether (sulfide) groups is 1. The number of hydrogen-bond donors (Lipinski definition) is 1. The first kappa shape index (κ1) is 15.3. The lowest BCUT2D eigenvalue weighted by molar-refractivity contribution is -0.133. The minimum atomic E-state index is -0.448. The van der Waals surface area contributed by atoms with E-state index in [2.05, 4.69) is 0 Å². The molecule has 0 heterocycles. The highest BCUT2D eigenvalue weighted by Crippen LogP contribution is 2.29. The number of carbonyl (C=O) groups is 1. The molecule has 2 rings (SSSR count). The number of carbonyl (C=O) groups excluding carboxylic acids is 1. The molecule has 1 fully saturated rings. The van der Waals surface area contributed by atoms with Crippen LogP contribution in [-0.4, -0.2) is 34.9 Å². The Morgan fingerprint density at radius 1 is 1.55 bits per heavy atom. The molecular formula is C15H21FN2OS. The summed E-state index contributed by atoms with van der Waals surface area (Å²) in [5.74, 6) is 0.606. The molecule has 0 aliphatic heterocycles. The molecule has 2 N–H and O–H groups in total. The largest absolute Gasteiger partial charge is 0.334 e. The Labute approximate surface area is 123 Å². The second kappa shape index (κ2) is 7.09. The van der Waals surface area contributed by atoms with Gasteiger partial charge in [0.15, 0.2) is 0 Å². The number of benzene rings is 1. The second-order valence-electron chi connectivity index (χ2n) is 5.22. The molecule has 1 aromatic rings. The molecule has 1 aliphatic carbocycles. The molecule has 0 bridgehead atoms. The van der Waals surface area contributed by atoms with Crippen LogP contribution in [0.4, 0.5) is 4.39 Å². The molecule has 0 aromatic heterocycles. The van der Waals surface area contributed by atoms with E-state index in [9.17, 15) is 9.18 Å². The average molecular weight is 296 g/mol. The zero-order chi connectivity index (χ0) is 14.5. The molecule has 0 saturated heterocycles. The van der Waals surface area contributed by atoms with Crippen molar-refractivity contribution in [3.05, 3.63) is 35.6 Å². The number of nitrogens with two attached hydrogens (primary N) is 1. The third kappa shape index (κ3) is 4.21. The Bertz CT molecular complexity index is 465. The van der Waals surface area contributed by atoms with E-state index in [-0.39, 0.29) is 17.8 Å². The van der Waals surface area contributed by atoms with Crippen molar-refractivity contribution in [2.75, 3.05) is 12.0 Å². The van der Waals surface area contributed by atoms with Gasteiger partial charge in [0.05, 0.1) is 6.04 Å². The summed E-state index contributed by atoms with van der Waals surface area (Å²) in [7, 11) is 0. The number of halogens is 1. The molecule has 0 radical (unpaired) electrons. The van der Waals surface area contributed by atoms with Crippen LogP contribution in [0.1, 0.15) is 24.8 Å². The van der Waals surface area contributed by atoms with Crippen LogP contribution in [0.25, 0.3) is 0 Å². The fourth-order valence-corrected chi connectivity index (χ4v) is 2.68. The Morgan fingerprint density at radius 3 is 2.90 bits per heavy atom. The highest BCUT2D eigenvalue weighted by molar-refractivity contribution is 7.98. The molecule has 0 unspecified atom stereocenters. The van der Waals surface area contributed by atoms with Crippen molar-refractivity contribution in [1.29, 1.82) is 0 Å². The summed E-state index contributed by atoms with van der Waals surface area (Å²) < 4.78 is 13.2. The predicted octanol–water partition coefficient (Wildman–Crippen LogP) is 2.40. The summed E-state index contributed by atoms with van der Waals surface area (Å²) in [6.07, 6.45) is 4.74. The smallest absolute Gasteiger partial charge is 0.240 e. The van der Waals surface area contributed by atoms with E-state index in [0.29, 0.717) is 13.0 Å². The van der Waals surface area contributed by atoms with Gasteiger partial charge in [0, 0.05) is 12.6 Å². The molecule has 1 aromatic carbocycles. The van der Waals surface area contributed by atoms with Crippen molar-refractivity contribution >= 4 is 17.7 Å². The molecule has 20 heavy (non-hydrogen) atoms. The van der Waals surface area contributed by atoms with E-state index in [1.54, 1.807) is 17.8 Å². The first-order valence-corrected chi connectivity index (χ1v) is 8.30. The average Bonchev–Trinajstić information content (AvgIpc) is 3.26. The Balaban J connectivity index is 2.01. The van der Waals surface area contributed by atoms with Crippen molar-refractivity contribution in [3.63, 3.8) is 0 Å². The van der Waals surface area contributed by atoms with Crippen molar-refractivity contribution in [2.24, 2.45) is 5.73 Å². The van der Waals surface area contributed by atoms with Gasteiger partial charge in [0.25, 0.3) is 0 Å². The van der Waals surface area contributed by atoms with Gasteiger partial charge in [-0.3, -0.25) is 4.79 Å². The van der Waals surface area contributed by atoms with E-state index in [1.807, 2.05) is 17.2 Å². The van der Waals surface area contributed by atoms with Gasteiger partial charge >= 0.3 is 0 Å². The summed E-state index contributed by atoms with van der Waals surface area (Å²) >= 11 is 1.69. The normalized spacial score (nSPS) is 15.9. The van der Waals surface area contributed by atoms with E-state index in [4.69, 9.17) is 5.73 Å². The first-order valence-electron chi connectivity index (χ1n) is 6.91. The lowest BCUT2D eigenvalue weighted by Gasteiger charge is -2.25. The molecule has 5 heteroatoms. The van der Waals surface area contributed by atoms with Gasteiger partial charge in [0.2, 0.25) is 5.91 Å². The van der Waals surface area contributed by atoms with Crippen LogP contribution < -0.4 is 5.73 Å². The maximum atomic E-state index is 13.2. The minimum absolute atomic E-state index is 0.00851. The maximum Gasteiger partial charge on any atom is 0.240 e. The summed E-state index contributed by atoms with van der Waals surface area (Å²) in [5, 5.41) is 0. The molecule has 1 atom stereocenters. The van der Waals surface area contributed by atoms with Crippen molar-refractivity contribution in [2.45, 2.75) is 37.9 Å². The van der Waals surface area contributed by atoms with Gasteiger partial charge in [-0.25, -0.2) is 4.39 Å². The lowest BCUT2D eigenvalue weighted by Crippen LogP contribution is -2.44. The third-order valence-corrected chi connectivity index (χ3v) is 4.11. The summed E-state index contributed by atoms with van der Waals surface area (Å²) in [4.78, 5) is 14.2. The van der Waals surface area contributed by atoms with Gasteiger partial charge < -0.3 is 10.6 Å². The van der Waals surface area contributed by atoms with Crippen LogP contribution in [0.5, 0.6) is 0 Å². The Morgan fingerprint density at radius 2 is 2.30 bits per heavy atom. The molecule has 0 spiro atoms. The summed E-state index contributed by atoms with van der Waals surface area (Å²) in [6, 6.07) is 6.25. The topological polar surface area (TPSA) is 46.3 Å². The van der Waals surface area contributed by atoms with Crippen molar-refractivity contribution < 1.29 is 9.18 Å². The van der Waals surface area contributed by atoms with Crippen molar-refractivity contribution in [1.82, 2.24) is 4.90 Å². The van der Waals surface area contributed by atoms with E-state index >= 15 is 0 Å². The standard InChI is InChI=1S/C15H21FN2OS/c1-20-8-7-14(17)15(19)18(13-5-6-13)10-11-3-2-4-12(16)9-11/h2-4,9,13-14H,5-8,10,17H2,1H3/t14-/m1/s1. The Kier molecular flexibility index (Phi) is 5.43. The number of amides is 1. The number of rotatable bonds is 7. The predicted molar refractivity (Wildman–Crippen MR) is 80.9 cm³/mol. The minimum Gasteiger partial charge on any atom is -0.334 e. The zero-order valence-corrected chi connectivity index (χ0v) is 12.5.